The molecule has 1 heterocycles. The Balaban J connectivity index is 1.82. The second kappa shape index (κ2) is 6.96. The van der Waals surface area contributed by atoms with Crippen LogP contribution in [0, 0.1) is 10.1 Å². The van der Waals surface area contributed by atoms with Gasteiger partial charge in [0.1, 0.15) is 5.69 Å². The molecule has 0 bridgehead atoms. The van der Waals surface area contributed by atoms with Crippen molar-refractivity contribution < 1.29 is 17.9 Å². The number of nitrogens with zero attached hydrogens (tertiary/aromatic N) is 2. The van der Waals surface area contributed by atoms with Gasteiger partial charge in [0, 0.05) is 30.0 Å². The van der Waals surface area contributed by atoms with Crippen LogP contribution in [0.4, 0.5) is 11.4 Å². The fraction of sp³-hybridized carbons (Fsp3) is 0.118. The first kappa shape index (κ1) is 17.6. The van der Waals surface area contributed by atoms with Crippen LogP contribution < -0.4 is 5.32 Å². The molecule has 0 fully saturated rings. The molecule has 0 saturated carbocycles. The van der Waals surface area contributed by atoms with Gasteiger partial charge in [-0.1, -0.05) is 35.5 Å². The minimum Gasteiger partial charge on any atom is -0.378 e. The van der Waals surface area contributed by atoms with Crippen LogP contribution in [0.5, 0.6) is 0 Å². The van der Waals surface area contributed by atoms with E-state index in [4.69, 9.17) is 4.52 Å². The molecule has 0 unspecified atom stereocenters. The first-order valence-corrected chi connectivity index (χ1v) is 9.47. The van der Waals surface area contributed by atoms with Crippen LogP contribution in [0.1, 0.15) is 5.69 Å². The van der Waals surface area contributed by atoms with Crippen LogP contribution in [0.3, 0.4) is 0 Å². The first-order valence-electron chi connectivity index (χ1n) is 7.58. The van der Waals surface area contributed by atoms with Gasteiger partial charge < -0.3 is 9.84 Å². The number of benzene rings is 2. The van der Waals surface area contributed by atoms with Crippen molar-refractivity contribution in [2.75, 3.05) is 11.6 Å². The molecule has 0 atom stereocenters. The highest BCUT2D eigenvalue weighted by Gasteiger charge is 2.18. The maximum Gasteiger partial charge on any atom is 0.270 e. The summed E-state index contributed by atoms with van der Waals surface area (Å²) in [7, 11) is -3.64. The fourth-order valence-electron chi connectivity index (χ4n) is 2.40. The maximum absolute atomic E-state index is 11.9. The third-order valence-corrected chi connectivity index (χ3v) is 4.79. The summed E-state index contributed by atoms with van der Waals surface area (Å²) in [6.07, 6.45) is 1.00. The van der Waals surface area contributed by atoms with Gasteiger partial charge in [0.2, 0.25) is 0 Å². The Bertz CT molecular complexity index is 1050. The molecular formula is C17H15N3O5S. The standard InChI is InChI=1S/C17H15N3O5S/c1-26(23,24)17-10-14(20(21)22)7-8-15(17)18-11-13-9-16(25-19-13)12-5-3-2-4-6-12/h2-10,18H,11H2,1H3. The monoisotopic (exact) mass is 373 g/mol. The number of nitrogens with one attached hydrogen (secondary N) is 1. The highest BCUT2D eigenvalue weighted by Crippen LogP contribution is 2.27. The van der Waals surface area contributed by atoms with E-state index in [1.54, 1.807) is 6.07 Å². The van der Waals surface area contributed by atoms with Crippen molar-refractivity contribution in [2.24, 2.45) is 0 Å². The van der Waals surface area contributed by atoms with Gasteiger partial charge in [0.05, 0.1) is 22.1 Å². The van der Waals surface area contributed by atoms with Crippen molar-refractivity contribution in [2.45, 2.75) is 11.4 Å². The Morgan fingerprint density at radius 3 is 2.54 bits per heavy atom. The van der Waals surface area contributed by atoms with E-state index in [2.05, 4.69) is 10.5 Å². The Morgan fingerprint density at radius 2 is 1.88 bits per heavy atom. The lowest BCUT2D eigenvalue weighted by molar-refractivity contribution is -0.385. The molecule has 3 aromatic rings. The van der Waals surface area contributed by atoms with Gasteiger partial charge in [0.15, 0.2) is 15.6 Å². The van der Waals surface area contributed by atoms with Crippen molar-refractivity contribution in [3.63, 3.8) is 0 Å². The average Bonchev–Trinajstić information content (AvgIpc) is 3.08. The minimum atomic E-state index is -3.64. The molecule has 9 heteroatoms. The molecule has 2 aromatic carbocycles. The number of hydrogen-bond acceptors (Lipinski definition) is 7. The van der Waals surface area contributed by atoms with E-state index >= 15 is 0 Å². The lowest BCUT2D eigenvalue weighted by atomic mass is 10.1. The van der Waals surface area contributed by atoms with E-state index < -0.39 is 14.8 Å². The molecule has 134 valence electrons. The van der Waals surface area contributed by atoms with E-state index in [1.807, 2.05) is 30.3 Å². The summed E-state index contributed by atoms with van der Waals surface area (Å²) in [6, 6.07) is 14.8. The zero-order chi connectivity index (χ0) is 18.7. The molecule has 0 spiro atoms. The van der Waals surface area contributed by atoms with Gasteiger partial charge in [-0.05, 0) is 6.07 Å². The molecule has 0 aliphatic rings. The van der Waals surface area contributed by atoms with Crippen molar-refractivity contribution in [1.82, 2.24) is 5.16 Å². The molecule has 0 aliphatic carbocycles. The summed E-state index contributed by atoms with van der Waals surface area (Å²) in [4.78, 5) is 10.1. The molecule has 26 heavy (non-hydrogen) atoms. The lowest BCUT2D eigenvalue weighted by Gasteiger charge is -2.09. The van der Waals surface area contributed by atoms with Crippen molar-refractivity contribution in [3.05, 3.63) is 70.4 Å². The van der Waals surface area contributed by atoms with Crippen LogP contribution in [0.25, 0.3) is 11.3 Å². The van der Waals surface area contributed by atoms with E-state index in [0.29, 0.717) is 11.5 Å². The predicted octanol–water partition coefficient (Wildman–Crippen LogP) is 3.27. The summed E-state index contributed by atoms with van der Waals surface area (Å²) < 4.78 is 29.2. The van der Waals surface area contributed by atoms with E-state index in [-0.39, 0.29) is 22.8 Å². The summed E-state index contributed by atoms with van der Waals surface area (Å²) in [5.74, 6) is 0.592. The van der Waals surface area contributed by atoms with Crippen LogP contribution in [-0.4, -0.2) is 24.8 Å². The lowest BCUT2D eigenvalue weighted by Crippen LogP contribution is -2.07. The highest BCUT2D eigenvalue weighted by molar-refractivity contribution is 7.90. The quantitative estimate of drug-likeness (QED) is 0.521. The first-order chi connectivity index (χ1) is 12.3. The third-order valence-electron chi connectivity index (χ3n) is 3.65. The van der Waals surface area contributed by atoms with Crippen LogP contribution in [-0.2, 0) is 16.4 Å². The van der Waals surface area contributed by atoms with E-state index in [0.717, 1.165) is 17.9 Å². The van der Waals surface area contributed by atoms with Gasteiger partial charge >= 0.3 is 0 Å². The predicted molar refractivity (Wildman–Crippen MR) is 95.5 cm³/mol. The van der Waals surface area contributed by atoms with Crippen LogP contribution in [0.15, 0.2) is 64.0 Å². The van der Waals surface area contributed by atoms with Crippen molar-refractivity contribution >= 4 is 21.2 Å². The number of nitro groups is 1. The van der Waals surface area contributed by atoms with Crippen LogP contribution in [0.2, 0.25) is 0 Å². The number of rotatable bonds is 6. The van der Waals surface area contributed by atoms with E-state index in [1.165, 1.54) is 12.1 Å². The zero-order valence-corrected chi connectivity index (χ0v) is 14.6. The van der Waals surface area contributed by atoms with Gasteiger partial charge in [-0.15, -0.1) is 0 Å². The Kier molecular flexibility index (Phi) is 4.72. The molecule has 0 saturated heterocycles. The summed E-state index contributed by atoms with van der Waals surface area (Å²) in [6.45, 7) is 0.205. The Labute approximate surface area is 149 Å². The number of aromatic nitrogens is 1. The highest BCUT2D eigenvalue weighted by atomic mass is 32.2. The second-order valence-electron chi connectivity index (χ2n) is 5.61. The second-order valence-corrected chi connectivity index (χ2v) is 7.60. The number of anilines is 1. The summed E-state index contributed by atoms with van der Waals surface area (Å²) in [5.41, 5.74) is 1.42. The minimum absolute atomic E-state index is 0.140. The summed E-state index contributed by atoms with van der Waals surface area (Å²) >= 11 is 0. The van der Waals surface area contributed by atoms with Gasteiger partial charge in [-0.3, -0.25) is 10.1 Å². The normalized spacial score (nSPS) is 11.3. The Morgan fingerprint density at radius 1 is 1.15 bits per heavy atom. The number of nitro benzene ring substituents is 1. The smallest absolute Gasteiger partial charge is 0.270 e. The topological polar surface area (TPSA) is 115 Å². The summed E-state index contributed by atoms with van der Waals surface area (Å²) in [5, 5.41) is 17.8. The van der Waals surface area contributed by atoms with E-state index in [9.17, 15) is 18.5 Å². The molecule has 8 nitrogen and oxygen atoms in total. The number of sulfone groups is 1. The van der Waals surface area contributed by atoms with Gasteiger partial charge in [-0.2, -0.15) is 0 Å². The number of hydrogen-bond donors (Lipinski definition) is 1. The van der Waals surface area contributed by atoms with Crippen molar-refractivity contribution in [1.29, 1.82) is 0 Å². The largest absolute Gasteiger partial charge is 0.378 e. The zero-order valence-electron chi connectivity index (χ0n) is 13.7. The molecule has 1 N–H and O–H groups in total. The molecule has 0 radical (unpaired) electrons. The third kappa shape index (κ3) is 3.89. The fourth-order valence-corrected chi connectivity index (χ4v) is 3.27. The SMILES string of the molecule is CS(=O)(=O)c1cc([N+](=O)[O-])ccc1NCc1cc(-c2ccccc2)on1. The molecule has 0 aliphatic heterocycles. The molecule has 3 rings (SSSR count). The Hall–Kier alpha value is -3.20. The molecule has 1 aromatic heterocycles. The number of non-ortho nitro benzene ring substituents is 1. The van der Waals surface area contributed by atoms with Crippen LogP contribution >= 0.6 is 0 Å². The average molecular weight is 373 g/mol. The van der Waals surface area contributed by atoms with Crippen molar-refractivity contribution in [3.8, 4) is 11.3 Å². The molecular weight excluding hydrogens is 358 g/mol. The molecule has 0 amide bonds. The maximum atomic E-state index is 11.9. The van der Waals surface area contributed by atoms with Gasteiger partial charge in [0.25, 0.3) is 5.69 Å². The van der Waals surface area contributed by atoms with Gasteiger partial charge in [-0.25, -0.2) is 8.42 Å².